The highest BCUT2D eigenvalue weighted by atomic mass is 35.5. The fraction of sp³-hybridized carbons (Fsp3) is 0.0769. The average Bonchev–Trinajstić information content (AvgIpc) is 2.43. The van der Waals surface area contributed by atoms with Gasteiger partial charge in [0.2, 0.25) is 0 Å². The summed E-state index contributed by atoms with van der Waals surface area (Å²) in [6.45, 7) is 0.190. The molecule has 112 valence electrons. The lowest BCUT2D eigenvalue weighted by atomic mass is 10.2. The van der Waals surface area contributed by atoms with Crippen LogP contribution in [-0.4, -0.2) is 8.42 Å². The molecule has 0 saturated heterocycles. The maximum Gasteiger partial charge on any atom is 0.262 e. The molecule has 0 spiro atoms. The minimum Gasteiger partial charge on any atom is -0.326 e. The van der Waals surface area contributed by atoms with E-state index in [0.717, 1.165) is 0 Å². The van der Waals surface area contributed by atoms with E-state index >= 15 is 0 Å². The number of halogens is 3. The van der Waals surface area contributed by atoms with Crippen molar-refractivity contribution in [2.45, 2.75) is 11.4 Å². The molecule has 0 aliphatic carbocycles. The summed E-state index contributed by atoms with van der Waals surface area (Å²) in [7, 11) is -3.97. The van der Waals surface area contributed by atoms with E-state index in [-0.39, 0.29) is 27.2 Å². The molecule has 0 amide bonds. The molecule has 0 fully saturated rings. The van der Waals surface area contributed by atoms with E-state index in [9.17, 15) is 12.8 Å². The van der Waals surface area contributed by atoms with Crippen LogP contribution in [0.15, 0.2) is 41.3 Å². The van der Waals surface area contributed by atoms with Crippen molar-refractivity contribution in [3.63, 3.8) is 0 Å². The predicted octanol–water partition coefficient (Wildman–Crippen LogP) is 3.39. The SMILES string of the molecule is NCc1ccc(S(=O)(=O)Nc2cccc(Cl)c2F)cc1Cl. The van der Waals surface area contributed by atoms with Crippen LogP contribution in [0.5, 0.6) is 0 Å². The van der Waals surface area contributed by atoms with Crippen LogP contribution in [0, 0.1) is 5.82 Å². The van der Waals surface area contributed by atoms with Crippen molar-refractivity contribution in [2.24, 2.45) is 5.73 Å². The first-order chi connectivity index (χ1) is 9.85. The molecule has 0 saturated carbocycles. The molecule has 0 aliphatic heterocycles. The smallest absolute Gasteiger partial charge is 0.262 e. The molecule has 0 radical (unpaired) electrons. The van der Waals surface area contributed by atoms with Gasteiger partial charge in [-0.25, -0.2) is 12.8 Å². The van der Waals surface area contributed by atoms with Crippen LogP contribution in [0.25, 0.3) is 0 Å². The Morgan fingerprint density at radius 3 is 2.48 bits per heavy atom. The van der Waals surface area contributed by atoms with Crippen molar-refractivity contribution >= 4 is 38.9 Å². The lowest BCUT2D eigenvalue weighted by Gasteiger charge is -2.11. The molecule has 3 N–H and O–H groups in total. The number of nitrogens with two attached hydrogens (primary N) is 1. The zero-order valence-electron chi connectivity index (χ0n) is 10.6. The summed E-state index contributed by atoms with van der Waals surface area (Å²) >= 11 is 11.5. The van der Waals surface area contributed by atoms with Gasteiger partial charge in [0.1, 0.15) is 0 Å². The van der Waals surface area contributed by atoms with E-state index in [1.54, 1.807) is 0 Å². The number of benzene rings is 2. The quantitative estimate of drug-likeness (QED) is 0.889. The lowest BCUT2D eigenvalue weighted by Crippen LogP contribution is -2.14. The van der Waals surface area contributed by atoms with Crippen molar-refractivity contribution < 1.29 is 12.8 Å². The first-order valence-electron chi connectivity index (χ1n) is 5.80. The number of hydrogen-bond acceptors (Lipinski definition) is 3. The molecule has 0 atom stereocenters. The Labute approximate surface area is 131 Å². The zero-order chi connectivity index (χ0) is 15.6. The van der Waals surface area contributed by atoms with Crippen LogP contribution >= 0.6 is 23.2 Å². The lowest BCUT2D eigenvalue weighted by molar-refractivity contribution is 0.598. The summed E-state index contributed by atoms with van der Waals surface area (Å²) in [6.07, 6.45) is 0. The predicted molar refractivity (Wildman–Crippen MR) is 81.6 cm³/mol. The van der Waals surface area contributed by atoms with Crippen molar-refractivity contribution in [3.05, 3.63) is 57.8 Å². The first-order valence-corrected chi connectivity index (χ1v) is 8.04. The van der Waals surface area contributed by atoms with E-state index in [1.807, 2.05) is 0 Å². The Bertz CT molecular complexity index is 782. The monoisotopic (exact) mass is 348 g/mol. The van der Waals surface area contributed by atoms with Gasteiger partial charge in [0.05, 0.1) is 15.6 Å². The Hall–Kier alpha value is -1.34. The van der Waals surface area contributed by atoms with Crippen LogP contribution < -0.4 is 10.5 Å². The highest BCUT2D eigenvalue weighted by Crippen LogP contribution is 2.26. The molecule has 8 heteroatoms. The van der Waals surface area contributed by atoms with Gasteiger partial charge in [0.15, 0.2) is 5.82 Å². The van der Waals surface area contributed by atoms with E-state index in [4.69, 9.17) is 28.9 Å². The summed E-state index contributed by atoms with van der Waals surface area (Å²) < 4.78 is 40.3. The molecule has 0 aromatic heterocycles. The summed E-state index contributed by atoms with van der Waals surface area (Å²) in [6, 6.07) is 8.14. The molecule has 21 heavy (non-hydrogen) atoms. The first kappa shape index (κ1) is 16.0. The van der Waals surface area contributed by atoms with E-state index in [1.165, 1.54) is 36.4 Å². The molecule has 2 rings (SSSR count). The molecule has 2 aromatic carbocycles. The van der Waals surface area contributed by atoms with Crippen LogP contribution in [-0.2, 0) is 16.6 Å². The standard InChI is InChI=1S/C13H11Cl2FN2O2S/c14-10-2-1-3-12(13(10)16)18-21(19,20)9-5-4-8(7-17)11(15)6-9/h1-6,18H,7,17H2. The second-order valence-electron chi connectivity index (χ2n) is 4.16. The van der Waals surface area contributed by atoms with Gasteiger partial charge in [-0.15, -0.1) is 0 Å². The third kappa shape index (κ3) is 3.47. The molecule has 0 bridgehead atoms. The van der Waals surface area contributed by atoms with Gasteiger partial charge in [-0.05, 0) is 29.8 Å². The van der Waals surface area contributed by atoms with Crippen molar-refractivity contribution in [1.29, 1.82) is 0 Å². The van der Waals surface area contributed by atoms with E-state index in [2.05, 4.69) is 4.72 Å². The largest absolute Gasteiger partial charge is 0.326 e. The second-order valence-corrected chi connectivity index (χ2v) is 6.66. The fourth-order valence-corrected chi connectivity index (χ4v) is 3.23. The number of rotatable bonds is 4. The summed E-state index contributed by atoms with van der Waals surface area (Å²) in [4.78, 5) is -0.0934. The minimum atomic E-state index is -3.97. The molecule has 0 aliphatic rings. The molecular weight excluding hydrogens is 338 g/mol. The van der Waals surface area contributed by atoms with Gasteiger partial charge in [0, 0.05) is 11.6 Å². The van der Waals surface area contributed by atoms with Crippen molar-refractivity contribution in [3.8, 4) is 0 Å². The zero-order valence-corrected chi connectivity index (χ0v) is 12.9. The molecular formula is C13H11Cl2FN2O2S. The summed E-state index contributed by atoms with van der Waals surface area (Å²) in [5.41, 5.74) is 5.84. The third-order valence-corrected chi connectivity index (χ3v) is 4.76. The van der Waals surface area contributed by atoms with Crippen LogP contribution in [0.4, 0.5) is 10.1 Å². The highest BCUT2D eigenvalue weighted by molar-refractivity contribution is 7.92. The Morgan fingerprint density at radius 2 is 1.86 bits per heavy atom. The average molecular weight is 349 g/mol. The number of anilines is 1. The second kappa shape index (κ2) is 6.19. The Balaban J connectivity index is 2.39. The van der Waals surface area contributed by atoms with Crippen LogP contribution in [0.2, 0.25) is 10.0 Å². The van der Waals surface area contributed by atoms with Crippen LogP contribution in [0.3, 0.4) is 0 Å². The van der Waals surface area contributed by atoms with Gasteiger partial charge < -0.3 is 5.73 Å². The van der Waals surface area contributed by atoms with Crippen LogP contribution in [0.1, 0.15) is 5.56 Å². The summed E-state index contributed by atoms with van der Waals surface area (Å²) in [5.74, 6) is -0.840. The van der Waals surface area contributed by atoms with Crippen molar-refractivity contribution in [2.75, 3.05) is 4.72 Å². The highest BCUT2D eigenvalue weighted by Gasteiger charge is 2.18. The third-order valence-electron chi connectivity index (χ3n) is 2.75. The van der Waals surface area contributed by atoms with Gasteiger partial charge >= 0.3 is 0 Å². The van der Waals surface area contributed by atoms with E-state index < -0.39 is 15.8 Å². The number of sulfonamides is 1. The van der Waals surface area contributed by atoms with Gasteiger partial charge in [-0.1, -0.05) is 35.3 Å². The molecule has 0 heterocycles. The Kier molecular flexibility index (Phi) is 4.73. The maximum absolute atomic E-state index is 13.7. The fourth-order valence-electron chi connectivity index (χ4n) is 1.65. The number of nitrogens with one attached hydrogen (secondary N) is 1. The summed E-state index contributed by atoms with van der Waals surface area (Å²) in [5, 5.41) is 0.0543. The molecule has 4 nitrogen and oxygen atoms in total. The Morgan fingerprint density at radius 1 is 1.14 bits per heavy atom. The normalized spacial score (nSPS) is 11.4. The number of hydrogen-bond donors (Lipinski definition) is 2. The van der Waals surface area contributed by atoms with Crippen molar-refractivity contribution in [1.82, 2.24) is 0 Å². The topological polar surface area (TPSA) is 72.2 Å². The van der Waals surface area contributed by atoms with Gasteiger partial charge in [-0.2, -0.15) is 0 Å². The molecule has 2 aromatic rings. The van der Waals surface area contributed by atoms with Gasteiger partial charge in [0.25, 0.3) is 10.0 Å². The molecule has 0 unspecified atom stereocenters. The minimum absolute atomic E-state index is 0.0934. The maximum atomic E-state index is 13.7. The van der Waals surface area contributed by atoms with E-state index in [0.29, 0.717) is 5.56 Å². The van der Waals surface area contributed by atoms with Gasteiger partial charge in [-0.3, -0.25) is 4.72 Å².